The molecule has 2 aliphatic heterocycles. The molecule has 1 saturated heterocycles. The number of benzene rings is 1. The Hall–Kier alpha value is -2.30. The number of rotatable bonds is 1. The first kappa shape index (κ1) is 21.0. The molecule has 6 rings (SSSR count). The summed E-state index contributed by atoms with van der Waals surface area (Å²) in [5.41, 5.74) is 15.3. The number of carbonyl (C=O) groups excluding carboxylic acids is 1. The summed E-state index contributed by atoms with van der Waals surface area (Å²) in [5, 5.41) is 13.0. The van der Waals surface area contributed by atoms with Crippen LogP contribution in [0.2, 0.25) is 0 Å². The monoisotopic (exact) mass is 434 g/mol. The summed E-state index contributed by atoms with van der Waals surface area (Å²) in [6, 6.07) is 0. The summed E-state index contributed by atoms with van der Waals surface area (Å²) in [4.78, 5) is 9.51. The molecule has 0 bridgehead atoms. The molecular weight excluding hydrogens is 407 g/mol. The first-order chi connectivity index (χ1) is 14.5. The Labute approximate surface area is 178 Å². The predicted molar refractivity (Wildman–Crippen MR) is 114 cm³/mol. The summed E-state index contributed by atoms with van der Waals surface area (Å²) in [6.45, 7) is 3.77. The van der Waals surface area contributed by atoms with Crippen LogP contribution in [0.5, 0.6) is 5.88 Å². The molecule has 3 heterocycles. The molecule has 1 aromatic carbocycles. The van der Waals surface area contributed by atoms with Crippen LogP contribution in [0.15, 0.2) is 11.1 Å². The third-order valence-electron chi connectivity index (χ3n) is 6.27. The Morgan fingerprint density at radius 2 is 1.83 bits per heavy atom. The van der Waals surface area contributed by atoms with Crippen molar-refractivity contribution in [3.63, 3.8) is 0 Å². The van der Waals surface area contributed by atoms with E-state index in [0.717, 1.165) is 97.1 Å². The van der Waals surface area contributed by atoms with Crippen molar-refractivity contribution in [3.05, 3.63) is 34.3 Å². The van der Waals surface area contributed by atoms with Crippen molar-refractivity contribution in [1.29, 1.82) is 0 Å². The predicted octanol–water partition coefficient (Wildman–Crippen LogP) is 0.928. The molecule has 30 heavy (non-hydrogen) atoms. The number of aromatic nitrogens is 2. The van der Waals surface area contributed by atoms with Gasteiger partial charge in [-0.1, -0.05) is 0 Å². The second-order valence-corrected chi connectivity index (χ2v) is 8.79. The van der Waals surface area contributed by atoms with Gasteiger partial charge in [0, 0.05) is 24.2 Å². The van der Waals surface area contributed by atoms with Crippen molar-refractivity contribution in [2.24, 2.45) is 16.3 Å². The summed E-state index contributed by atoms with van der Waals surface area (Å²) < 4.78 is 21.4. The number of amides is 1. The van der Waals surface area contributed by atoms with Crippen LogP contribution in [-0.2, 0) is 37.0 Å². The van der Waals surface area contributed by atoms with Gasteiger partial charge in [0.05, 0.1) is 19.3 Å². The molecule has 8 nitrogen and oxygen atoms in total. The van der Waals surface area contributed by atoms with E-state index >= 15 is 0 Å². The lowest BCUT2D eigenvalue weighted by atomic mass is 9.82. The van der Waals surface area contributed by atoms with Gasteiger partial charge < -0.3 is 21.5 Å². The van der Waals surface area contributed by atoms with Gasteiger partial charge in [-0.05, 0) is 66.3 Å². The fourth-order valence-corrected chi connectivity index (χ4v) is 4.91. The second-order valence-electron chi connectivity index (χ2n) is 8.11. The lowest BCUT2D eigenvalue weighted by Gasteiger charge is -2.44. The zero-order chi connectivity index (χ0) is 21.3. The SMILES string of the molecule is NC=O.NSc1cnn2c1OCC1(CNC1)C2.Nc1c2c(c(F)c3c1CC3)CCC2. The number of anilines is 1. The molecule has 1 amide bonds. The number of hydrogen-bond donors (Lipinski definition) is 4. The van der Waals surface area contributed by atoms with Crippen molar-refractivity contribution in [3.8, 4) is 5.88 Å². The van der Waals surface area contributed by atoms with E-state index in [1.54, 1.807) is 6.20 Å². The number of nitrogen functional groups attached to an aromatic ring is 1. The molecule has 2 aromatic rings. The average Bonchev–Trinajstić information content (AvgIpc) is 3.32. The highest BCUT2D eigenvalue weighted by molar-refractivity contribution is 7.97. The van der Waals surface area contributed by atoms with Gasteiger partial charge in [-0.25, -0.2) is 9.07 Å². The molecule has 1 aromatic heterocycles. The summed E-state index contributed by atoms with van der Waals surface area (Å²) in [6.07, 6.45) is 6.82. The smallest absolute Gasteiger partial charge is 0.227 e. The van der Waals surface area contributed by atoms with Crippen LogP contribution < -0.4 is 26.7 Å². The highest BCUT2D eigenvalue weighted by Gasteiger charge is 2.42. The quantitative estimate of drug-likeness (QED) is 0.298. The van der Waals surface area contributed by atoms with Gasteiger partial charge in [0.25, 0.3) is 0 Å². The Balaban J connectivity index is 0.000000129. The number of halogens is 1. The number of nitrogens with one attached hydrogen (secondary N) is 1. The molecule has 1 fully saturated rings. The molecule has 0 unspecified atom stereocenters. The Kier molecular flexibility index (Phi) is 5.90. The van der Waals surface area contributed by atoms with Crippen LogP contribution in [0, 0.1) is 11.2 Å². The first-order valence-corrected chi connectivity index (χ1v) is 10.9. The molecule has 2 aliphatic carbocycles. The van der Waals surface area contributed by atoms with E-state index in [2.05, 4.69) is 16.1 Å². The van der Waals surface area contributed by atoms with Gasteiger partial charge in [-0.2, -0.15) is 5.10 Å². The van der Waals surface area contributed by atoms with E-state index in [-0.39, 0.29) is 17.6 Å². The molecule has 4 aliphatic rings. The highest BCUT2D eigenvalue weighted by Crippen LogP contribution is 2.40. The molecule has 162 valence electrons. The van der Waals surface area contributed by atoms with E-state index in [9.17, 15) is 4.39 Å². The van der Waals surface area contributed by atoms with E-state index in [1.807, 2.05) is 4.68 Å². The van der Waals surface area contributed by atoms with Gasteiger partial charge in [0.1, 0.15) is 10.7 Å². The molecule has 7 N–H and O–H groups in total. The van der Waals surface area contributed by atoms with Crippen LogP contribution in [0.3, 0.4) is 0 Å². The minimum absolute atomic E-state index is 0.0583. The fourth-order valence-electron chi connectivity index (χ4n) is 4.54. The number of hydrogen-bond acceptors (Lipinski definition) is 7. The lowest BCUT2D eigenvalue weighted by Crippen LogP contribution is -2.60. The van der Waals surface area contributed by atoms with E-state index < -0.39 is 0 Å². The Morgan fingerprint density at radius 3 is 2.43 bits per heavy atom. The zero-order valence-electron chi connectivity index (χ0n) is 16.7. The zero-order valence-corrected chi connectivity index (χ0v) is 17.6. The van der Waals surface area contributed by atoms with Gasteiger partial charge in [0.2, 0.25) is 12.3 Å². The largest absolute Gasteiger partial charge is 0.476 e. The van der Waals surface area contributed by atoms with Gasteiger partial charge in [-0.15, -0.1) is 0 Å². The highest BCUT2D eigenvalue weighted by atomic mass is 32.2. The van der Waals surface area contributed by atoms with Crippen molar-refractivity contribution in [2.75, 3.05) is 25.4 Å². The normalized spacial score (nSPS) is 18.7. The lowest BCUT2D eigenvalue weighted by molar-refractivity contribution is -0.106. The topological polar surface area (TPSA) is 134 Å². The maximum Gasteiger partial charge on any atom is 0.227 e. The van der Waals surface area contributed by atoms with Crippen molar-refractivity contribution < 1.29 is 13.9 Å². The summed E-state index contributed by atoms with van der Waals surface area (Å²) in [7, 11) is 0. The van der Waals surface area contributed by atoms with Crippen LogP contribution in [-0.4, -0.2) is 35.9 Å². The van der Waals surface area contributed by atoms with Crippen LogP contribution in [0.1, 0.15) is 28.7 Å². The Bertz CT molecular complexity index is 923. The molecule has 0 atom stereocenters. The number of nitrogens with zero attached hydrogens (tertiary/aromatic N) is 2. The number of primary amides is 1. The number of nitrogens with two attached hydrogens (primary N) is 3. The third kappa shape index (κ3) is 3.52. The van der Waals surface area contributed by atoms with Gasteiger partial charge >= 0.3 is 0 Å². The second kappa shape index (κ2) is 8.44. The minimum atomic E-state index is 0.0583. The molecule has 10 heteroatoms. The summed E-state index contributed by atoms with van der Waals surface area (Å²) in [5.74, 6) is 0.887. The molecular formula is C20H27FN6O2S. The van der Waals surface area contributed by atoms with Crippen LogP contribution >= 0.6 is 11.9 Å². The fraction of sp³-hybridized carbons (Fsp3) is 0.500. The number of fused-ring (bicyclic) bond motifs is 3. The molecule has 1 spiro atoms. The minimum Gasteiger partial charge on any atom is -0.476 e. The van der Waals surface area contributed by atoms with E-state index in [1.165, 1.54) is 11.9 Å². The number of ether oxygens (including phenoxy) is 1. The van der Waals surface area contributed by atoms with E-state index in [0.29, 0.717) is 0 Å². The Morgan fingerprint density at radius 1 is 1.20 bits per heavy atom. The van der Waals surface area contributed by atoms with Crippen LogP contribution in [0.4, 0.5) is 10.1 Å². The maximum atomic E-state index is 13.7. The number of carbonyl (C=O) groups is 1. The standard InChI is InChI=1S/C11H12FN.C8H12N4OS.CH3NO/c12-10-6-2-1-3-8(6)11(13)9-5-4-7(9)10;9-14-6-1-11-12-4-8(2-10-3-8)5-13-7(6)12;2-1-3/h1-5,13H2;1,10H,2-5,9H2;1H,(H2,2,3). The van der Waals surface area contributed by atoms with Crippen molar-refractivity contribution >= 4 is 24.0 Å². The van der Waals surface area contributed by atoms with Gasteiger partial charge in [0.15, 0.2) is 0 Å². The van der Waals surface area contributed by atoms with Crippen molar-refractivity contribution in [2.45, 2.75) is 43.5 Å². The molecule has 0 saturated carbocycles. The third-order valence-corrected chi connectivity index (χ3v) is 6.81. The average molecular weight is 435 g/mol. The first-order valence-electron chi connectivity index (χ1n) is 10.1. The van der Waals surface area contributed by atoms with Crippen LogP contribution in [0.25, 0.3) is 0 Å². The summed E-state index contributed by atoms with van der Waals surface area (Å²) >= 11 is 1.19. The van der Waals surface area contributed by atoms with Gasteiger partial charge in [-0.3, -0.25) is 9.93 Å². The molecule has 0 radical (unpaired) electrons. The van der Waals surface area contributed by atoms with Crippen molar-refractivity contribution in [1.82, 2.24) is 15.1 Å². The van der Waals surface area contributed by atoms with E-state index in [4.69, 9.17) is 20.4 Å². The maximum absolute atomic E-state index is 13.7.